The molecule has 0 aromatic carbocycles. The van der Waals surface area contributed by atoms with E-state index < -0.39 is 6.10 Å². The van der Waals surface area contributed by atoms with Crippen LogP contribution in [0.25, 0.3) is 0 Å². The first-order chi connectivity index (χ1) is 9.97. The maximum Gasteiger partial charge on any atom is 0.133 e. The van der Waals surface area contributed by atoms with E-state index in [1.165, 1.54) is 0 Å². The smallest absolute Gasteiger partial charge is 0.133 e. The predicted octanol–water partition coefficient (Wildman–Crippen LogP) is 3.09. The monoisotopic (exact) mass is 294 g/mol. The fourth-order valence-corrected chi connectivity index (χ4v) is 1.88. The molecule has 0 fully saturated rings. The Balaban J connectivity index is 2.62. The van der Waals surface area contributed by atoms with Crippen LogP contribution in [0.5, 0.6) is 0 Å². The molecule has 4 nitrogen and oxygen atoms in total. The average molecular weight is 294 g/mol. The van der Waals surface area contributed by atoms with Crippen LogP contribution in [0.3, 0.4) is 0 Å². The first-order valence-electron chi connectivity index (χ1n) is 7.46. The van der Waals surface area contributed by atoms with Crippen molar-refractivity contribution in [2.45, 2.75) is 58.8 Å². The Bertz CT molecular complexity index is 481. The van der Waals surface area contributed by atoms with E-state index >= 15 is 0 Å². The fourth-order valence-electron chi connectivity index (χ4n) is 1.88. The van der Waals surface area contributed by atoms with Crippen molar-refractivity contribution < 1.29 is 19.7 Å². The molecule has 1 heterocycles. The molecule has 0 bridgehead atoms. The third-order valence-corrected chi connectivity index (χ3v) is 3.47. The van der Waals surface area contributed by atoms with Gasteiger partial charge in [-0.2, -0.15) is 0 Å². The van der Waals surface area contributed by atoms with Crippen molar-refractivity contribution in [3.63, 3.8) is 0 Å². The minimum Gasteiger partial charge on any atom is -0.461 e. The van der Waals surface area contributed by atoms with Crippen molar-refractivity contribution in [2.75, 3.05) is 0 Å². The third-order valence-electron chi connectivity index (χ3n) is 3.47. The van der Waals surface area contributed by atoms with Crippen LogP contribution < -0.4 is 0 Å². The Kier molecular flexibility index (Phi) is 7.48. The average Bonchev–Trinajstić information content (AvgIpc) is 2.94. The van der Waals surface area contributed by atoms with Crippen molar-refractivity contribution in [1.29, 1.82) is 0 Å². The highest BCUT2D eigenvalue weighted by molar-refractivity contribution is 5.10. The molecule has 0 spiro atoms. The first kappa shape index (κ1) is 17.7. The van der Waals surface area contributed by atoms with Crippen LogP contribution in [0, 0.1) is 5.92 Å². The normalized spacial score (nSPS) is 13.9. The molecule has 2 atom stereocenters. The molecular formula is C17H26O4. The lowest BCUT2D eigenvalue weighted by Gasteiger charge is -2.14. The fraction of sp³-hybridized carbons (Fsp3) is 0.588. The van der Waals surface area contributed by atoms with Crippen molar-refractivity contribution >= 4 is 0 Å². The standard InChI is InChI=1S/C17H26O4/c1-4-13(10-16(20)12(2)3)6-5-7-15(19)17-9-8-14(11-18)21-17/h5,8-9,12,15-16,18-20H,4,7,10-11H2,1-3H3/t6?,15-,16-/m1/s1. The van der Waals surface area contributed by atoms with Gasteiger partial charge in [0.25, 0.3) is 0 Å². The van der Waals surface area contributed by atoms with Gasteiger partial charge >= 0.3 is 0 Å². The Morgan fingerprint density at radius 2 is 2.05 bits per heavy atom. The lowest BCUT2D eigenvalue weighted by atomic mass is 9.98. The van der Waals surface area contributed by atoms with Crippen LogP contribution in [0.15, 0.2) is 33.9 Å². The molecule has 1 aromatic rings. The summed E-state index contributed by atoms with van der Waals surface area (Å²) in [6.45, 7) is 5.83. The highest BCUT2D eigenvalue weighted by atomic mass is 16.4. The van der Waals surface area contributed by atoms with E-state index in [0.29, 0.717) is 24.4 Å². The van der Waals surface area contributed by atoms with Crippen molar-refractivity contribution in [3.8, 4) is 0 Å². The number of aliphatic hydroxyl groups excluding tert-OH is 3. The lowest BCUT2D eigenvalue weighted by Crippen LogP contribution is -2.14. The van der Waals surface area contributed by atoms with E-state index in [9.17, 15) is 10.2 Å². The van der Waals surface area contributed by atoms with Gasteiger partial charge in [-0.3, -0.25) is 0 Å². The summed E-state index contributed by atoms with van der Waals surface area (Å²) in [5.41, 5.74) is 4.20. The summed E-state index contributed by atoms with van der Waals surface area (Å²) in [5.74, 6) is 1.11. The second-order valence-electron chi connectivity index (χ2n) is 5.53. The van der Waals surface area contributed by atoms with E-state index in [4.69, 9.17) is 9.52 Å². The van der Waals surface area contributed by atoms with Gasteiger partial charge in [0, 0.05) is 12.8 Å². The van der Waals surface area contributed by atoms with Gasteiger partial charge in [0.15, 0.2) is 0 Å². The second kappa shape index (κ2) is 8.85. The summed E-state index contributed by atoms with van der Waals surface area (Å²) in [6, 6.07) is 3.31. The number of hydrogen-bond acceptors (Lipinski definition) is 4. The number of hydrogen-bond donors (Lipinski definition) is 3. The van der Waals surface area contributed by atoms with Crippen LogP contribution in [0.4, 0.5) is 0 Å². The van der Waals surface area contributed by atoms with Crippen LogP contribution >= 0.6 is 0 Å². The van der Waals surface area contributed by atoms with E-state index in [1.807, 2.05) is 20.8 Å². The van der Waals surface area contributed by atoms with Gasteiger partial charge < -0.3 is 19.7 Å². The topological polar surface area (TPSA) is 73.8 Å². The molecule has 0 aliphatic rings. The maximum absolute atomic E-state index is 9.98. The van der Waals surface area contributed by atoms with Gasteiger partial charge in [-0.25, -0.2) is 0 Å². The molecule has 118 valence electrons. The first-order valence-corrected chi connectivity index (χ1v) is 7.46. The number of aliphatic hydroxyl groups is 3. The molecule has 0 unspecified atom stereocenters. The minimum absolute atomic E-state index is 0.171. The van der Waals surface area contributed by atoms with Crippen LogP contribution in [-0.4, -0.2) is 21.4 Å². The molecular weight excluding hydrogens is 268 g/mol. The summed E-state index contributed by atoms with van der Waals surface area (Å²) >= 11 is 0. The maximum atomic E-state index is 9.98. The molecule has 0 aliphatic heterocycles. The predicted molar refractivity (Wildman–Crippen MR) is 81.6 cm³/mol. The molecule has 1 rings (SSSR count). The highest BCUT2D eigenvalue weighted by Gasteiger charge is 2.12. The van der Waals surface area contributed by atoms with Crippen molar-refractivity contribution in [3.05, 3.63) is 41.0 Å². The van der Waals surface area contributed by atoms with E-state index in [2.05, 4.69) is 5.73 Å². The van der Waals surface area contributed by atoms with Gasteiger partial charge in [0.1, 0.15) is 24.2 Å². The van der Waals surface area contributed by atoms with E-state index in [1.54, 1.807) is 18.2 Å². The quantitative estimate of drug-likeness (QED) is 0.644. The summed E-state index contributed by atoms with van der Waals surface area (Å²) < 4.78 is 5.28. The van der Waals surface area contributed by atoms with Crippen molar-refractivity contribution in [2.24, 2.45) is 5.92 Å². The molecule has 3 N–H and O–H groups in total. The van der Waals surface area contributed by atoms with Crippen LogP contribution in [0.1, 0.15) is 57.7 Å². The summed E-state index contributed by atoms with van der Waals surface area (Å²) in [6.07, 6.45) is 2.49. The zero-order valence-electron chi connectivity index (χ0n) is 13.0. The zero-order chi connectivity index (χ0) is 15.8. The van der Waals surface area contributed by atoms with Gasteiger partial charge in [-0.1, -0.05) is 20.8 Å². The molecule has 0 saturated carbocycles. The zero-order valence-corrected chi connectivity index (χ0v) is 13.0. The van der Waals surface area contributed by atoms with Crippen LogP contribution in [-0.2, 0) is 6.61 Å². The molecule has 0 amide bonds. The molecule has 21 heavy (non-hydrogen) atoms. The van der Waals surface area contributed by atoms with Crippen molar-refractivity contribution in [1.82, 2.24) is 0 Å². The van der Waals surface area contributed by atoms with Crippen LogP contribution in [0.2, 0.25) is 0 Å². The Labute approximate surface area is 126 Å². The summed E-state index contributed by atoms with van der Waals surface area (Å²) in [7, 11) is 0. The second-order valence-corrected chi connectivity index (χ2v) is 5.53. The Morgan fingerprint density at radius 1 is 1.33 bits per heavy atom. The molecule has 1 aromatic heterocycles. The van der Waals surface area contributed by atoms with E-state index in [0.717, 1.165) is 12.0 Å². The lowest BCUT2D eigenvalue weighted by molar-refractivity contribution is 0.125. The van der Waals surface area contributed by atoms with Gasteiger partial charge in [0.05, 0.1) is 6.10 Å². The highest BCUT2D eigenvalue weighted by Crippen LogP contribution is 2.20. The van der Waals surface area contributed by atoms with E-state index in [-0.39, 0.29) is 18.6 Å². The largest absolute Gasteiger partial charge is 0.461 e. The van der Waals surface area contributed by atoms with Gasteiger partial charge in [-0.15, -0.1) is 5.73 Å². The number of furan rings is 1. The Morgan fingerprint density at radius 3 is 2.57 bits per heavy atom. The Hall–Kier alpha value is -1.32. The third kappa shape index (κ3) is 5.90. The minimum atomic E-state index is -0.745. The SMILES string of the molecule is CCC(=C=CC[C@@H](O)c1ccc(CO)o1)C[C@@H](O)C(C)C. The molecule has 0 radical (unpaired) electrons. The number of rotatable bonds is 8. The molecule has 4 heteroatoms. The summed E-state index contributed by atoms with van der Waals surface area (Å²) in [4.78, 5) is 0. The molecule has 0 aliphatic carbocycles. The summed E-state index contributed by atoms with van der Waals surface area (Å²) in [5, 5.41) is 28.8. The van der Waals surface area contributed by atoms with Gasteiger partial charge in [0.2, 0.25) is 0 Å². The van der Waals surface area contributed by atoms with Gasteiger partial charge in [-0.05, 0) is 36.1 Å². The molecule has 0 saturated heterocycles.